The van der Waals surface area contributed by atoms with Crippen LogP contribution in [-0.2, 0) is 4.79 Å². The number of hydrogen-bond donors (Lipinski definition) is 0. The molecule has 0 spiro atoms. The van der Waals surface area contributed by atoms with Crippen LogP contribution >= 0.6 is 0 Å². The Bertz CT molecular complexity index is 567. The van der Waals surface area contributed by atoms with Crippen molar-refractivity contribution < 1.29 is 4.79 Å². The summed E-state index contributed by atoms with van der Waals surface area (Å²) in [6.07, 6.45) is 19.5. The van der Waals surface area contributed by atoms with E-state index >= 15 is 0 Å². The van der Waals surface area contributed by atoms with E-state index in [4.69, 9.17) is 0 Å². The predicted octanol–water partition coefficient (Wildman–Crippen LogP) is 7.57. The molecule has 0 amide bonds. The number of fused-ring (bicyclic) bond motifs is 5. The van der Waals surface area contributed by atoms with Gasteiger partial charge in [0, 0.05) is 6.42 Å². The third-order valence-electron chi connectivity index (χ3n) is 10.9. The minimum absolute atomic E-state index is 0.381. The molecule has 7 atom stereocenters. The van der Waals surface area contributed by atoms with Gasteiger partial charge in [0.1, 0.15) is 5.78 Å². The van der Waals surface area contributed by atoms with E-state index < -0.39 is 0 Å². The van der Waals surface area contributed by atoms with E-state index in [1.807, 2.05) is 0 Å². The summed E-state index contributed by atoms with van der Waals surface area (Å²) in [7, 11) is 0. The standard InChI is InChI=1S/C26H44O/c1-19(27)9-7-10-20-12-13-22-21-11-8-16-24(2)15-5-6-17-26(24,4)23(21)14-18-25(20,22)3/h20-23H,5-18H2,1-4H3. The molecule has 0 N–H and O–H groups in total. The lowest BCUT2D eigenvalue weighted by Crippen LogP contribution is -2.51. The molecule has 0 radical (unpaired) electrons. The molecule has 0 aromatic rings. The molecule has 4 aliphatic rings. The maximum Gasteiger partial charge on any atom is 0.129 e. The van der Waals surface area contributed by atoms with Crippen molar-refractivity contribution >= 4 is 5.78 Å². The summed E-state index contributed by atoms with van der Waals surface area (Å²) in [5, 5.41) is 0. The first-order valence-corrected chi connectivity index (χ1v) is 12.3. The third kappa shape index (κ3) is 3.14. The summed E-state index contributed by atoms with van der Waals surface area (Å²) in [6.45, 7) is 9.81. The molecule has 0 heterocycles. The molecule has 4 saturated carbocycles. The first-order valence-electron chi connectivity index (χ1n) is 12.3. The van der Waals surface area contributed by atoms with Gasteiger partial charge in [0.2, 0.25) is 0 Å². The van der Waals surface area contributed by atoms with Crippen molar-refractivity contribution in [2.24, 2.45) is 39.9 Å². The first-order chi connectivity index (χ1) is 12.8. The lowest BCUT2D eigenvalue weighted by Gasteiger charge is -2.59. The highest BCUT2D eigenvalue weighted by atomic mass is 16.1. The van der Waals surface area contributed by atoms with Gasteiger partial charge in [-0.25, -0.2) is 0 Å². The molecular formula is C26H44O. The van der Waals surface area contributed by atoms with Gasteiger partial charge in [-0.05, 0) is 111 Å². The van der Waals surface area contributed by atoms with Gasteiger partial charge in [0.25, 0.3) is 0 Å². The fourth-order valence-electron chi connectivity index (χ4n) is 9.03. The maximum absolute atomic E-state index is 11.4. The van der Waals surface area contributed by atoms with Gasteiger partial charge >= 0.3 is 0 Å². The second-order valence-electron chi connectivity index (χ2n) is 11.9. The second-order valence-corrected chi connectivity index (χ2v) is 11.9. The largest absolute Gasteiger partial charge is 0.300 e. The Morgan fingerprint density at radius 3 is 2.37 bits per heavy atom. The number of rotatable bonds is 4. The Kier molecular flexibility index (Phi) is 5.30. The fourth-order valence-corrected chi connectivity index (χ4v) is 9.03. The molecule has 27 heavy (non-hydrogen) atoms. The Morgan fingerprint density at radius 2 is 1.59 bits per heavy atom. The summed E-state index contributed by atoms with van der Waals surface area (Å²) in [5.41, 5.74) is 1.78. The number of carbonyl (C=O) groups is 1. The SMILES string of the molecule is CC(=O)CCCC1CCC2C3CCCC4(C)CCCCC4(C)C3CCC12C. The van der Waals surface area contributed by atoms with Crippen molar-refractivity contribution in [2.75, 3.05) is 0 Å². The molecule has 1 nitrogen and oxygen atoms in total. The van der Waals surface area contributed by atoms with Crippen LogP contribution in [0.5, 0.6) is 0 Å². The van der Waals surface area contributed by atoms with Crippen LogP contribution in [0.4, 0.5) is 0 Å². The summed E-state index contributed by atoms with van der Waals surface area (Å²) >= 11 is 0. The molecule has 7 unspecified atom stereocenters. The summed E-state index contributed by atoms with van der Waals surface area (Å²) in [5.74, 6) is 4.22. The zero-order chi connectivity index (χ0) is 19.3. The van der Waals surface area contributed by atoms with Crippen LogP contribution in [0.2, 0.25) is 0 Å². The lowest BCUT2D eigenvalue weighted by atomic mass is 9.46. The third-order valence-corrected chi connectivity index (χ3v) is 10.9. The zero-order valence-electron chi connectivity index (χ0n) is 18.6. The molecule has 4 aliphatic carbocycles. The average Bonchev–Trinajstić information content (AvgIpc) is 2.88. The molecule has 0 aromatic carbocycles. The Hall–Kier alpha value is -0.330. The Labute approximate surface area is 168 Å². The number of hydrogen-bond acceptors (Lipinski definition) is 1. The van der Waals surface area contributed by atoms with Crippen LogP contribution in [-0.4, -0.2) is 5.78 Å². The number of ketones is 1. The van der Waals surface area contributed by atoms with Crippen LogP contribution in [0.3, 0.4) is 0 Å². The van der Waals surface area contributed by atoms with Crippen LogP contribution in [0.15, 0.2) is 0 Å². The first kappa shape index (κ1) is 20.0. The monoisotopic (exact) mass is 372 g/mol. The summed E-state index contributed by atoms with van der Waals surface area (Å²) in [4.78, 5) is 11.4. The number of carbonyl (C=O) groups excluding carboxylic acids is 1. The zero-order valence-corrected chi connectivity index (χ0v) is 18.6. The van der Waals surface area contributed by atoms with Crippen molar-refractivity contribution in [2.45, 2.75) is 118 Å². The van der Waals surface area contributed by atoms with Crippen molar-refractivity contribution in [1.82, 2.24) is 0 Å². The van der Waals surface area contributed by atoms with Crippen molar-refractivity contribution in [3.8, 4) is 0 Å². The van der Waals surface area contributed by atoms with Crippen molar-refractivity contribution in [1.29, 1.82) is 0 Å². The van der Waals surface area contributed by atoms with Gasteiger partial charge in [-0.15, -0.1) is 0 Å². The highest BCUT2D eigenvalue weighted by Crippen LogP contribution is 2.69. The molecule has 0 aromatic heterocycles. The Balaban J connectivity index is 1.55. The van der Waals surface area contributed by atoms with Crippen molar-refractivity contribution in [3.05, 3.63) is 0 Å². The molecule has 4 rings (SSSR count). The van der Waals surface area contributed by atoms with Gasteiger partial charge < -0.3 is 4.79 Å². The van der Waals surface area contributed by atoms with Gasteiger partial charge in [0.05, 0.1) is 0 Å². The van der Waals surface area contributed by atoms with Crippen LogP contribution in [0.1, 0.15) is 118 Å². The summed E-state index contributed by atoms with van der Waals surface area (Å²) < 4.78 is 0. The molecule has 1 heteroatoms. The minimum Gasteiger partial charge on any atom is -0.300 e. The average molecular weight is 373 g/mol. The highest BCUT2D eigenvalue weighted by Gasteiger charge is 2.60. The van der Waals surface area contributed by atoms with Gasteiger partial charge in [0.15, 0.2) is 0 Å². The second kappa shape index (κ2) is 7.17. The molecule has 0 bridgehead atoms. The maximum atomic E-state index is 11.4. The molecule has 0 saturated heterocycles. The van der Waals surface area contributed by atoms with E-state index in [0.29, 0.717) is 22.0 Å². The van der Waals surface area contributed by atoms with Gasteiger partial charge in [-0.1, -0.05) is 40.0 Å². The van der Waals surface area contributed by atoms with E-state index in [1.54, 1.807) is 6.92 Å². The molecule has 0 aliphatic heterocycles. The highest BCUT2D eigenvalue weighted by molar-refractivity contribution is 5.75. The lowest BCUT2D eigenvalue weighted by molar-refractivity contribution is -0.117. The van der Waals surface area contributed by atoms with E-state index in [-0.39, 0.29) is 0 Å². The van der Waals surface area contributed by atoms with Crippen molar-refractivity contribution in [3.63, 3.8) is 0 Å². The normalized spacial score (nSPS) is 49.6. The van der Waals surface area contributed by atoms with Crippen LogP contribution in [0.25, 0.3) is 0 Å². The van der Waals surface area contributed by atoms with E-state index in [9.17, 15) is 4.79 Å². The summed E-state index contributed by atoms with van der Waals surface area (Å²) in [6, 6.07) is 0. The quantitative estimate of drug-likeness (QED) is 0.497. The van der Waals surface area contributed by atoms with E-state index in [2.05, 4.69) is 20.8 Å². The van der Waals surface area contributed by atoms with Crippen LogP contribution < -0.4 is 0 Å². The molecule has 154 valence electrons. The molecule has 4 fully saturated rings. The fraction of sp³-hybridized carbons (Fsp3) is 0.962. The van der Waals surface area contributed by atoms with E-state index in [0.717, 1.165) is 36.5 Å². The molecular weight excluding hydrogens is 328 g/mol. The number of Topliss-reactive ketones (excluding diaryl/α,β-unsaturated/α-hetero) is 1. The van der Waals surface area contributed by atoms with Crippen LogP contribution in [0, 0.1) is 39.9 Å². The Morgan fingerprint density at radius 1 is 0.852 bits per heavy atom. The van der Waals surface area contributed by atoms with E-state index in [1.165, 1.54) is 77.0 Å². The topological polar surface area (TPSA) is 17.1 Å². The smallest absolute Gasteiger partial charge is 0.129 e. The minimum atomic E-state index is 0.381. The van der Waals surface area contributed by atoms with Gasteiger partial charge in [-0.2, -0.15) is 0 Å². The van der Waals surface area contributed by atoms with Gasteiger partial charge in [-0.3, -0.25) is 0 Å². The predicted molar refractivity (Wildman–Crippen MR) is 114 cm³/mol.